The van der Waals surface area contributed by atoms with Crippen LogP contribution in [-0.4, -0.2) is 34.7 Å². The smallest absolute Gasteiger partial charge is 0.359 e. The van der Waals surface area contributed by atoms with Crippen molar-refractivity contribution in [2.45, 2.75) is 25.8 Å². The molecule has 7 nitrogen and oxygen atoms in total. The van der Waals surface area contributed by atoms with E-state index in [1.807, 2.05) is 37.3 Å². The Balaban J connectivity index is 1.52. The number of aryl methyl sites for hydroxylation is 1. The maximum Gasteiger partial charge on any atom is 0.359 e. The second-order valence-corrected chi connectivity index (χ2v) is 6.52. The molecule has 1 amide bonds. The lowest BCUT2D eigenvalue weighted by Gasteiger charge is -2.14. The zero-order chi connectivity index (χ0) is 19.9. The van der Waals surface area contributed by atoms with Crippen molar-refractivity contribution < 1.29 is 14.3 Å². The topological polar surface area (TPSA) is 101 Å². The van der Waals surface area contributed by atoms with E-state index in [4.69, 9.17) is 4.74 Å². The zero-order valence-electron chi connectivity index (χ0n) is 15.5. The molecular formula is C21H21N3O4. The fourth-order valence-corrected chi connectivity index (χ4v) is 2.89. The number of H-pyrrole nitrogens is 1. The number of hydrogen-bond acceptors (Lipinski definition) is 5. The van der Waals surface area contributed by atoms with Crippen molar-refractivity contribution in [2.75, 3.05) is 6.61 Å². The number of esters is 1. The molecule has 0 aliphatic carbocycles. The number of aromatic amines is 1. The molecule has 2 aromatic carbocycles. The van der Waals surface area contributed by atoms with Gasteiger partial charge in [0.05, 0.1) is 5.39 Å². The molecule has 0 unspecified atom stereocenters. The fourth-order valence-electron chi connectivity index (χ4n) is 2.89. The molecule has 7 heteroatoms. The molecule has 0 saturated carbocycles. The SMILES string of the molecule is C[C@@H](CCc1ccccc1)NC(=O)COC(=O)c1n[nH]c(=O)c2ccccc12. The Morgan fingerprint density at radius 2 is 1.75 bits per heavy atom. The molecule has 0 radical (unpaired) electrons. The summed E-state index contributed by atoms with van der Waals surface area (Å²) in [6.45, 7) is 1.49. The van der Waals surface area contributed by atoms with Crippen LogP contribution in [0.5, 0.6) is 0 Å². The fraction of sp³-hybridized carbons (Fsp3) is 0.238. The molecule has 0 saturated heterocycles. The van der Waals surface area contributed by atoms with Crippen LogP contribution in [0.1, 0.15) is 29.4 Å². The second-order valence-electron chi connectivity index (χ2n) is 6.52. The van der Waals surface area contributed by atoms with Gasteiger partial charge in [-0.05, 0) is 31.4 Å². The number of ether oxygens (including phenoxy) is 1. The van der Waals surface area contributed by atoms with Crippen LogP contribution in [-0.2, 0) is 16.0 Å². The average molecular weight is 379 g/mol. The van der Waals surface area contributed by atoms with Crippen LogP contribution < -0.4 is 10.9 Å². The molecule has 2 N–H and O–H groups in total. The van der Waals surface area contributed by atoms with E-state index in [2.05, 4.69) is 15.5 Å². The summed E-state index contributed by atoms with van der Waals surface area (Å²) in [5.74, 6) is -1.15. The molecule has 0 aliphatic rings. The van der Waals surface area contributed by atoms with Gasteiger partial charge in [-0.1, -0.05) is 48.5 Å². The Hall–Kier alpha value is -3.48. The molecule has 28 heavy (non-hydrogen) atoms. The average Bonchev–Trinajstić information content (AvgIpc) is 2.72. The van der Waals surface area contributed by atoms with Crippen LogP contribution in [0.4, 0.5) is 0 Å². The van der Waals surface area contributed by atoms with Gasteiger partial charge < -0.3 is 10.1 Å². The molecule has 1 aromatic heterocycles. The predicted octanol–water partition coefficient (Wildman–Crippen LogP) is 2.22. The monoisotopic (exact) mass is 379 g/mol. The number of nitrogens with zero attached hydrogens (tertiary/aromatic N) is 1. The van der Waals surface area contributed by atoms with E-state index in [1.165, 1.54) is 5.56 Å². The number of amides is 1. The standard InChI is InChI=1S/C21H21N3O4/c1-14(11-12-15-7-3-2-4-8-15)22-18(25)13-28-21(27)19-16-9-5-6-10-17(16)20(26)24-23-19/h2-10,14H,11-13H2,1H3,(H,22,25)(H,24,26)/t14-/m0/s1. The van der Waals surface area contributed by atoms with Crippen molar-refractivity contribution in [3.05, 3.63) is 76.2 Å². The molecular weight excluding hydrogens is 358 g/mol. The lowest BCUT2D eigenvalue weighted by Crippen LogP contribution is -2.36. The summed E-state index contributed by atoms with van der Waals surface area (Å²) in [5.41, 5.74) is 0.781. The highest BCUT2D eigenvalue weighted by Crippen LogP contribution is 2.13. The molecule has 144 valence electrons. The highest BCUT2D eigenvalue weighted by atomic mass is 16.5. The Labute approximate surface area is 161 Å². The maximum atomic E-state index is 12.3. The minimum atomic E-state index is -0.764. The first-order valence-electron chi connectivity index (χ1n) is 9.02. The van der Waals surface area contributed by atoms with Crippen molar-refractivity contribution in [2.24, 2.45) is 0 Å². The van der Waals surface area contributed by atoms with Crippen molar-refractivity contribution >= 4 is 22.6 Å². The number of fused-ring (bicyclic) bond motifs is 1. The summed E-state index contributed by atoms with van der Waals surface area (Å²) < 4.78 is 5.07. The van der Waals surface area contributed by atoms with Gasteiger partial charge in [-0.15, -0.1) is 0 Å². The third kappa shape index (κ3) is 4.82. The number of rotatable bonds is 7. The van der Waals surface area contributed by atoms with Gasteiger partial charge in [-0.2, -0.15) is 5.10 Å². The third-order valence-electron chi connectivity index (χ3n) is 4.34. The van der Waals surface area contributed by atoms with Crippen LogP contribution >= 0.6 is 0 Å². The summed E-state index contributed by atoms with van der Waals surface area (Å²) in [6.07, 6.45) is 1.62. The molecule has 3 aromatic rings. The number of carbonyl (C=O) groups is 2. The minimum Gasteiger partial charge on any atom is -0.451 e. The van der Waals surface area contributed by atoms with E-state index in [9.17, 15) is 14.4 Å². The zero-order valence-corrected chi connectivity index (χ0v) is 15.5. The third-order valence-corrected chi connectivity index (χ3v) is 4.34. The van der Waals surface area contributed by atoms with Crippen LogP contribution in [0.2, 0.25) is 0 Å². The molecule has 1 heterocycles. The number of aromatic nitrogens is 2. The number of nitrogens with one attached hydrogen (secondary N) is 2. The van der Waals surface area contributed by atoms with Crippen LogP contribution in [0, 0.1) is 0 Å². The first-order chi connectivity index (χ1) is 13.5. The lowest BCUT2D eigenvalue weighted by atomic mass is 10.1. The van der Waals surface area contributed by atoms with E-state index < -0.39 is 18.1 Å². The summed E-state index contributed by atoms with van der Waals surface area (Å²) >= 11 is 0. The van der Waals surface area contributed by atoms with Gasteiger partial charge in [0, 0.05) is 11.4 Å². The van der Waals surface area contributed by atoms with Gasteiger partial charge >= 0.3 is 5.97 Å². The predicted molar refractivity (Wildman–Crippen MR) is 105 cm³/mol. The molecule has 0 aliphatic heterocycles. The van der Waals surface area contributed by atoms with Crippen molar-refractivity contribution in [3.8, 4) is 0 Å². The Bertz CT molecular complexity index is 1030. The summed E-state index contributed by atoms with van der Waals surface area (Å²) in [5, 5.41) is 9.56. The Morgan fingerprint density at radius 3 is 2.50 bits per heavy atom. The number of carbonyl (C=O) groups excluding carboxylic acids is 2. The minimum absolute atomic E-state index is 0.0277. The van der Waals surface area contributed by atoms with E-state index >= 15 is 0 Å². The highest BCUT2D eigenvalue weighted by Gasteiger charge is 2.17. The van der Waals surface area contributed by atoms with Crippen molar-refractivity contribution in [1.29, 1.82) is 0 Å². The number of benzene rings is 2. The molecule has 3 rings (SSSR count). The maximum absolute atomic E-state index is 12.3. The normalized spacial score (nSPS) is 11.8. The quantitative estimate of drug-likeness (QED) is 0.613. The Kier molecular flexibility index (Phi) is 6.16. The first-order valence-corrected chi connectivity index (χ1v) is 9.02. The van der Waals surface area contributed by atoms with Crippen LogP contribution in [0.3, 0.4) is 0 Å². The molecule has 1 atom stereocenters. The van der Waals surface area contributed by atoms with Gasteiger partial charge in [0.1, 0.15) is 0 Å². The number of hydrogen-bond donors (Lipinski definition) is 2. The van der Waals surface area contributed by atoms with E-state index in [-0.39, 0.29) is 17.6 Å². The first kappa shape index (κ1) is 19.3. The van der Waals surface area contributed by atoms with Crippen molar-refractivity contribution in [3.63, 3.8) is 0 Å². The highest BCUT2D eigenvalue weighted by molar-refractivity contribution is 6.02. The van der Waals surface area contributed by atoms with Gasteiger partial charge in [-0.25, -0.2) is 9.89 Å². The van der Waals surface area contributed by atoms with Crippen LogP contribution in [0.25, 0.3) is 10.8 Å². The largest absolute Gasteiger partial charge is 0.451 e. The summed E-state index contributed by atoms with van der Waals surface area (Å²) in [7, 11) is 0. The summed E-state index contributed by atoms with van der Waals surface area (Å²) in [4.78, 5) is 36.1. The van der Waals surface area contributed by atoms with Crippen LogP contribution in [0.15, 0.2) is 59.4 Å². The summed E-state index contributed by atoms with van der Waals surface area (Å²) in [6, 6.07) is 16.5. The second kappa shape index (κ2) is 8.94. The van der Waals surface area contributed by atoms with Gasteiger partial charge in [-0.3, -0.25) is 9.59 Å². The van der Waals surface area contributed by atoms with E-state index in [0.29, 0.717) is 10.8 Å². The molecule has 0 bridgehead atoms. The van der Waals surface area contributed by atoms with E-state index in [0.717, 1.165) is 12.8 Å². The van der Waals surface area contributed by atoms with Gasteiger partial charge in [0.2, 0.25) is 0 Å². The molecule has 0 spiro atoms. The lowest BCUT2D eigenvalue weighted by molar-refractivity contribution is -0.124. The molecule has 0 fully saturated rings. The van der Waals surface area contributed by atoms with Crippen molar-refractivity contribution in [1.82, 2.24) is 15.5 Å². The van der Waals surface area contributed by atoms with Gasteiger partial charge in [0.25, 0.3) is 11.5 Å². The Morgan fingerprint density at radius 1 is 1.07 bits per heavy atom. The van der Waals surface area contributed by atoms with E-state index in [1.54, 1.807) is 24.3 Å². The van der Waals surface area contributed by atoms with Gasteiger partial charge in [0.15, 0.2) is 12.3 Å².